The minimum atomic E-state index is 0.531. The van der Waals surface area contributed by atoms with Gasteiger partial charge >= 0.3 is 0 Å². The average molecular weight is 196 g/mol. The van der Waals surface area contributed by atoms with E-state index in [1.807, 2.05) is 10.9 Å². The van der Waals surface area contributed by atoms with Crippen molar-refractivity contribution in [1.82, 2.24) is 15.1 Å². The van der Waals surface area contributed by atoms with Gasteiger partial charge in [0.25, 0.3) is 0 Å². The van der Waals surface area contributed by atoms with Gasteiger partial charge in [-0.1, -0.05) is 0 Å². The topological polar surface area (TPSA) is 51.1 Å². The van der Waals surface area contributed by atoms with Crippen molar-refractivity contribution < 1.29 is 4.84 Å². The summed E-state index contributed by atoms with van der Waals surface area (Å²) in [7, 11) is 1.60. The predicted molar refractivity (Wildman–Crippen MR) is 54.0 cm³/mol. The van der Waals surface area contributed by atoms with Crippen LogP contribution in [-0.2, 0) is 4.84 Å². The number of piperidine rings is 1. The standard InChI is InChI=1S/C9H16N4O/c1-14-12-8-6-11-13(7-8)9-2-4-10-5-3-9/h6-7,9-10,12H,2-5H2,1H3. The molecule has 2 N–H and O–H groups in total. The summed E-state index contributed by atoms with van der Waals surface area (Å²) in [6, 6.07) is 0.531. The second kappa shape index (κ2) is 4.43. The number of hydrogen-bond acceptors (Lipinski definition) is 4. The van der Waals surface area contributed by atoms with Gasteiger partial charge in [-0.2, -0.15) is 5.10 Å². The number of aromatic nitrogens is 2. The lowest BCUT2D eigenvalue weighted by atomic mass is 10.1. The van der Waals surface area contributed by atoms with Crippen molar-refractivity contribution in [2.45, 2.75) is 18.9 Å². The van der Waals surface area contributed by atoms with Crippen LogP contribution in [0.5, 0.6) is 0 Å². The molecule has 1 aromatic rings. The number of hydrogen-bond donors (Lipinski definition) is 2. The lowest BCUT2D eigenvalue weighted by Gasteiger charge is -2.22. The van der Waals surface area contributed by atoms with Gasteiger partial charge in [-0.25, -0.2) is 0 Å². The fraction of sp³-hybridized carbons (Fsp3) is 0.667. The van der Waals surface area contributed by atoms with Crippen LogP contribution in [0.4, 0.5) is 5.69 Å². The van der Waals surface area contributed by atoms with Crippen LogP contribution in [0, 0.1) is 0 Å². The average Bonchev–Trinajstić information content (AvgIpc) is 2.68. The normalized spacial score (nSPS) is 18.4. The molecule has 2 rings (SSSR count). The van der Waals surface area contributed by atoms with Crippen LogP contribution in [0.1, 0.15) is 18.9 Å². The highest BCUT2D eigenvalue weighted by Crippen LogP contribution is 2.19. The Kier molecular flexibility index (Phi) is 3.00. The minimum Gasteiger partial charge on any atom is -0.317 e. The Hall–Kier alpha value is -1.07. The maximum Gasteiger partial charge on any atom is 0.0984 e. The third kappa shape index (κ3) is 2.05. The summed E-state index contributed by atoms with van der Waals surface area (Å²) in [5, 5.41) is 7.64. The van der Waals surface area contributed by atoms with Crippen LogP contribution in [0.15, 0.2) is 12.4 Å². The van der Waals surface area contributed by atoms with Gasteiger partial charge in [-0.05, 0) is 25.9 Å². The molecule has 1 aliphatic rings. The Morgan fingerprint density at radius 2 is 2.36 bits per heavy atom. The first-order valence-electron chi connectivity index (χ1n) is 4.94. The van der Waals surface area contributed by atoms with E-state index in [0.717, 1.165) is 31.6 Å². The Morgan fingerprint density at radius 1 is 1.57 bits per heavy atom. The zero-order valence-electron chi connectivity index (χ0n) is 8.36. The highest BCUT2D eigenvalue weighted by molar-refractivity contribution is 5.35. The first kappa shape index (κ1) is 9.48. The van der Waals surface area contributed by atoms with E-state index < -0.39 is 0 Å². The van der Waals surface area contributed by atoms with E-state index in [0.29, 0.717) is 6.04 Å². The van der Waals surface area contributed by atoms with Crippen molar-refractivity contribution in [3.05, 3.63) is 12.4 Å². The molecule has 14 heavy (non-hydrogen) atoms. The number of anilines is 1. The van der Waals surface area contributed by atoms with Gasteiger partial charge in [0.15, 0.2) is 0 Å². The molecule has 0 aromatic carbocycles. The third-order valence-electron chi connectivity index (χ3n) is 2.50. The molecule has 1 fully saturated rings. The molecule has 5 nitrogen and oxygen atoms in total. The fourth-order valence-corrected chi connectivity index (χ4v) is 1.78. The Morgan fingerprint density at radius 3 is 3.07 bits per heavy atom. The van der Waals surface area contributed by atoms with Crippen molar-refractivity contribution >= 4 is 5.69 Å². The molecule has 1 aliphatic heterocycles. The zero-order chi connectivity index (χ0) is 9.80. The van der Waals surface area contributed by atoms with Gasteiger partial charge in [0.1, 0.15) is 0 Å². The maximum absolute atomic E-state index is 4.81. The van der Waals surface area contributed by atoms with Gasteiger partial charge in [0.2, 0.25) is 0 Å². The van der Waals surface area contributed by atoms with Crippen molar-refractivity contribution in [2.75, 3.05) is 25.7 Å². The van der Waals surface area contributed by atoms with Crippen molar-refractivity contribution in [1.29, 1.82) is 0 Å². The van der Waals surface area contributed by atoms with Crippen molar-refractivity contribution in [2.24, 2.45) is 0 Å². The molecule has 0 amide bonds. The van der Waals surface area contributed by atoms with E-state index in [4.69, 9.17) is 4.84 Å². The molecule has 0 spiro atoms. The van der Waals surface area contributed by atoms with Crippen LogP contribution in [0.25, 0.3) is 0 Å². The van der Waals surface area contributed by atoms with Crippen LogP contribution in [0.3, 0.4) is 0 Å². The monoisotopic (exact) mass is 196 g/mol. The highest BCUT2D eigenvalue weighted by Gasteiger charge is 2.15. The molecule has 0 atom stereocenters. The highest BCUT2D eigenvalue weighted by atomic mass is 16.6. The molecule has 0 saturated carbocycles. The van der Waals surface area contributed by atoms with E-state index in [-0.39, 0.29) is 0 Å². The van der Waals surface area contributed by atoms with Crippen molar-refractivity contribution in [3.63, 3.8) is 0 Å². The quantitative estimate of drug-likeness (QED) is 0.701. The number of nitrogens with zero attached hydrogens (tertiary/aromatic N) is 2. The zero-order valence-corrected chi connectivity index (χ0v) is 8.36. The van der Waals surface area contributed by atoms with E-state index >= 15 is 0 Å². The number of rotatable bonds is 3. The van der Waals surface area contributed by atoms with E-state index in [1.54, 1.807) is 13.3 Å². The maximum atomic E-state index is 4.81. The molecule has 2 heterocycles. The van der Waals surface area contributed by atoms with Crippen LogP contribution in [0.2, 0.25) is 0 Å². The smallest absolute Gasteiger partial charge is 0.0984 e. The first-order chi connectivity index (χ1) is 6.90. The summed E-state index contributed by atoms with van der Waals surface area (Å²) in [6.45, 7) is 2.16. The first-order valence-corrected chi connectivity index (χ1v) is 4.94. The van der Waals surface area contributed by atoms with E-state index in [2.05, 4.69) is 15.9 Å². The molecular weight excluding hydrogens is 180 g/mol. The lowest BCUT2D eigenvalue weighted by Crippen LogP contribution is -2.29. The summed E-state index contributed by atoms with van der Waals surface area (Å²) in [6.07, 6.45) is 6.06. The van der Waals surface area contributed by atoms with Gasteiger partial charge < -0.3 is 5.32 Å². The fourth-order valence-electron chi connectivity index (χ4n) is 1.78. The van der Waals surface area contributed by atoms with Gasteiger partial charge in [0.05, 0.1) is 31.2 Å². The largest absolute Gasteiger partial charge is 0.317 e. The lowest BCUT2D eigenvalue weighted by molar-refractivity contribution is 0.271. The van der Waals surface area contributed by atoms with E-state index in [1.165, 1.54) is 0 Å². The SMILES string of the molecule is CONc1cnn(C2CCNCC2)c1. The van der Waals surface area contributed by atoms with Crippen LogP contribution >= 0.6 is 0 Å². The molecule has 0 unspecified atom stereocenters. The van der Waals surface area contributed by atoms with Crippen molar-refractivity contribution in [3.8, 4) is 0 Å². The van der Waals surface area contributed by atoms with E-state index in [9.17, 15) is 0 Å². The molecule has 1 aromatic heterocycles. The molecule has 0 radical (unpaired) electrons. The molecule has 0 aliphatic carbocycles. The predicted octanol–water partition coefficient (Wildman–Crippen LogP) is 0.781. The summed E-state index contributed by atoms with van der Waals surface area (Å²) >= 11 is 0. The Balaban J connectivity index is 2.00. The Labute approximate surface area is 83.4 Å². The summed E-state index contributed by atoms with van der Waals surface area (Å²) in [5.74, 6) is 0. The third-order valence-corrected chi connectivity index (χ3v) is 2.50. The van der Waals surface area contributed by atoms with Gasteiger partial charge in [-0.15, -0.1) is 0 Å². The molecule has 78 valence electrons. The molecular formula is C9H16N4O. The Bertz CT molecular complexity index is 280. The van der Waals surface area contributed by atoms with Crippen LogP contribution in [-0.4, -0.2) is 30.0 Å². The number of nitrogens with one attached hydrogen (secondary N) is 2. The van der Waals surface area contributed by atoms with Gasteiger partial charge in [0, 0.05) is 0 Å². The van der Waals surface area contributed by atoms with Gasteiger partial charge in [-0.3, -0.25) is 15.0 Å². The summed E-state index contributed by atoms with van der Waals surface area (Å²) in [4.78, 5) is 4.81. The summed E-state index contributed by atoms with van der Waals surface area (Å²) < 4.78 is 2.02. The summed E-state index contributed by atoms with van der Waals surface area (Å²) in [5.41, 5.74) is 3.68. The molecule has 0 bridgehead atoms. The van der Waals surface area contributed by atoms with Crippen LogP contribution < -0.4 is 10.8 Å². The second-order valence-electron chi connectivity index (χ2n) is 3.50. The molecule has 1 saturated heterocycles. The minimum absolute atomic E-state index is 0.531. The molecule has 5 heteroatoms. The second-order valence-corrected chi connectivity index (χ2v) is 3.50.